The molecule has 0 saturated carbocycles. The van der Waals surface area contributed by atoms with Gasteiger partial charge in [0.05, 0.1) is 0 Å². The molecule has 154 valence electrons. The molecule has 0 radical (unpaired) electrons. The molecule has 0 fully saturated rings. The summed E-state index contributed by atoms with van der Waals surface area (Å²) in [5, 5.41) is 27.2. The molecule has 0 aliphatic heterocycles. The lowest BCUT2D eigenvalue weighted by Crippen LogP contribution is -2.39. The number of rotatable bonds is 16. The Balaban J connectivity index is 3.97. The average molecular weight is 374 g/mol. The van der Waals surface area contributed by atoms with Crippen LogP contribution in [-0.4, -0.2) is 60.4 Å². The normalized spacial score (nSPS) is 12.4. The zero-order valence-electron chi connectivity index (χ0n) is 16.7. The lowest BCUT2D eigenvalue weighted by atomic mass is 10.0. The van der Waals surface area contributed by atoms with Crippen molar-refractivity contribution in [3.8, 4) is 0 Å². The highest BCUT2D eigenvalue weighted by molar-refractivity contribution is 5.76. The highest BCUT2D eigenvalue weighted by Crippen LogP contribution is 2.08. The van der Waals surface area contributed by atoms with Crippen molar-refractivity contribution in [1.29, 1.82) is 0 Å². The Bertz CT molecular complexity index is 374. The first-order valence-electron chi connectivity index (χ1n) is 9.87. The highest BCUT2D eigenvalue weighted by Gasteiger charge is 2.14. The van der Waals surface area contributed by atoms with E-state index in [-0.39, 0.29) is 37.0 Å². The summed E-state index contributed by atoms with van der Waals surface area (Å²) >= 11 is 0. The van der Waals surface area contributed by atoms with Crippen molar-refractivity contribution in [1.82, 2.24) is 16.0 Å². The topological polar surface area (TPSA) is 111 Å². The smallest absolute Gasteiger partial charge is 0.221 e. The quantitative estimate of drug-likeness (QED) is 0.259. The molecule has 0 heterocycles. The van der Waals surface area contributed by atoms with Crippen LogP contribution in [0, 0.1) is 5.92 Å². The van der Waals surface area contributed by atoms with E-state index >= 15 is 0 Å². The van der Waals surface area contributed by atoms with Crippen LogP contribution in [0.2, 0.25) is 0 Å². The summed E-state index contributed by atoms with van der Waals surface area (Å²) in [5.41, 5.74) is 0. The zero-order chi connectivity index (χ0) is 19.8. The van der Waals surface area contributed by atoms with Gasteiger partial charge in [-0.1, -0.05) is 26.7 Å². The monoisotopic (exact) mass is 373 g/mol. The molecule has 0 aromatic carbocycles. The maximum atomic E-state index is 12.1. The third-order valence-electron chi connectivity index (χ3n) is 4.23. The van der Waals surface area contributed by atoms with Crippen LogP contribution in [0.25, 0.3) is 0 Å². The fraction of sp³-hybridized carbons (Fsp3) is 0.895. The minimum absolute atomic E-state index is 0.00729. The van der Waals surface area contributed by atoms with E-state index in [1.54, 1.807) is 0 Å². The van der Waals surface area contributed by atoms with Gasteiger partial charge in [0, 0.05) is 57.6 Å². The van der Waals surface area contributed by atoms with Crippen LogP contribution in [0.15, 0.2) is 0 Å². The van der Waals surface area contributed by atoms with Crippen molar-refractivity contribution in [3.63, 3.8) is 0 Å². The second-order valence-electron chi connectivity index (χ2n) is 7.28. The van der Waals surface area contributed by atoms with Gasteiger partial charge in [-0.05, 0) is 25.7 Å². The van der Waals surface area contributed by atoms with Gasteiger partial charge in [0.25, 0.3) is 0 Å². The first kappa shape index (κ1) is 24.8. The lowest BCUT2D eigenvalue weighted by Gasteiger charge is -2.21. The molecule has 2 amide bonds. The summed E-state index contributed by atoms with van der Waals surface area (Å²) in [5.74, 6) is -0.0146. The summed E-state index contributed by atoms with van der Waals surface area (Å²) in [4.78, 5) is 23.0. The van der Waals surface area contributed by atoms with Crippen molar-refractivity contribution in [2.75, 3.05) is 26.3 Å². The van der Waals surface area contributed by atoms with Gasteiger partial charge >= 0.3 is 0 Å². The van der Waals surface area contributed by atoms with Crippen molar-refractivity contribution in [3.05, 3.63) is 0 Å². The molecule has 0 rings (SSSR count). The largest absolute Gasteiger partial charge is 0.396 e. The Labute approximate surface area is 158 Å². The standard InChI is InChI=1S/C19H39N3O4/c1-15(2)22-18(9-5-7-10-20-16(3)25)12-19(26)21-11-6-4-8-17(13-23)14-24/h15,17-18,22-24H,4-14H2,1-3H3,(H,20,25)(H,21,26). The minimum Gasteiger partial charge on any atom is -0.396 e. The molecule has 0 spiro atoms. The summed E-state index contributed by atoms with van der Waals surface area (Å²) < 4.78 is 0. The van der Waals surface area contributed by atoms with E-state index in [2.05, 4.69) is 29.8 Å². The van der Waals surface area contributed by atoms with Crippen LogP contribution in [0.5, 0.6) is 0 Å². The second-order valence-corrected chi connectivity index (χ2v) is 7.28. The number of aliphatic hydroxyl groups excluding tert-OH is 2. The Morgan fingerprint density at radius 1 is 0.885 bits per heavy atom. The first-order valence-corrected chi connectivity index (χ1v) is 9.87. The van der Waals surface area contributed by atoms with Gasteiger partial charge in [-0.15, -0.1) is 0 Å². The van der Waals surface area contributed by atoms with Crippen molar-refractivity contribution in [2.24, 2.45) is 5.92 Å². The molecule has 7 heteroatoms. The Hall–Kier alpha value is -1.18. The molecule has 26 heavy (non-hydrogen) atoms. The summed E-state index contributed by atoms with van der Waals surface area (Å²) in [6.07, 6.45) is 5.73. The molecule has 1 unspecified atom stereocenters. The summed E-state index contributed by atoms with van der Waals surface area (Å²) in [6, 6.07) is 0.456. The van der Waals surface area contributed by atoms with Crippen LogP contribution in [0.3, 0.4) is 0 Å². The van der Waals surface area contributed by atoms with Crippen LogP contribution >= 0.6 is 0 Å². The van der Waals surface area contributed by atoms with E-state index < -0.39 is 0 Å². The van der Waals surface area contributed by atoms with Gasteiger partial charge in [0.15, 0.2) is 0 Å². The number of hydrogen-bond acceptors (Lipinski definition) is 5. The minimum atomic E-state index is -0.0529. The molecule has 0 bridgehead atoms. The molecule has 7 nitrogen and oxygen atoms in total. The fourth-order valence-electron chi connectivity index (χ4n) is 2.82. The molecule has 0 aliphatic rings. The van der Waals surface area contributed by atoms with Gasteiger partial charge in [0.1, 0.15) is 0 Å². The number of nitrogens with one attached hydrogen (secondary N) is 3. The van der Waals surface area contributed by atoms with Crippen molar-refractivity contribution in [2.45, 2.75) is 77.8 Å². The number of carbonyl (C=O) groups is 2. The lowest BCUT2D eigenvalue weighted by molar-refractivity contribution is -0.121. The number of unbranched alkanes of at least 4 members (excludes halogenated alkanes) is 2. The maximum absolute atomic E-state index is 12.1. The van der Waals surface area contributed by atoms with Crippen LogP contribution in [-0.2, 0) is 9.59 Å². The third kappa shape index (κ3) is 15.1. The predicted octanol–water partition coefficient (Wildman–Crippen LogP) is 0.937. The molecule has 1 atom stereocenters. The van der Waals surface area contributed by atoms with E-state index in [1.807, 2.05) is 0 Å². The van der Waals surface area contributed by atoms with Gasteiger partial charge in [-0.2, -0.15) is 0 Å². The van der Waals surface area contributed by atoms with Gasteiger partial charge in [-0.3, -0.25) is 9.59 Å². The molecule has 5 N–H and O–H groups in total. The van der Waals surface area contributed by atoms with Gasteiger partial charge in [0.2, 0.25) is 11.8 Å². The second kappa shape index (κ2) is 16.0. The number of amides is 2. The van der Waals surface area contributed by atoms with Gasteiger partial charge < -0.3 is 26.2 Å². The van der Waals surface area contributed by atoms with Crippen molar-refractivity contribution >= 4 is 11.8 Å². The molecular weight excluding hydrogens is 334 g/mol. The molecule has 0 aliphatic carbocycles. The zero-order valence-corrected chi connectivity index (χ0v) is 16.7. The fourth-order valence-corrected chi connectivity index (χ4v) is 2.82. The van der Waals surface area contributed by atoms with Crippen LogP contribution in [0.1, 0.15) is 65.7 Å². The maximum Gasteiger partial charge on any atom is 0.221 e. The van der Waals surface area contributed by atoms with E-state index in [1.165, 1.54) is 6.92 Å². The number of hydrogen-bond donors (Lipinski definition) is 5. The summed E-state index contributed by atoms with van der Waals surface area (Å²) in [7, 11) is 0. The predicted molar refractivity (Wildman–Crippen MR) is 104 cm³/mol. The Morgan fingerprint density at radius 2 is 1.46 bits per heavy atom. The number of aliphatic hydroxyl groups is 2. The van der Waals surface area contributed by atoms with Gasteiger partial charge in [-0.25, -0.2) is 0 Å². The van der Waals surface area contributed by atoms with E-state index in [0.29, 0.717) is 25.6 Å². The van der Waals surface area contributed by atoms with E-state index in [4.69, 9.17) is 10.2 Å². The van der Waals surface area contributed by atoms with E-state index in [0.717, 1.165) is 38.5 Å². The third-order valence-corrected chi connectivity index (χ3v) is 4.23. The van der Waals surface area contributed by atoms with E-state index in [9.17, 15) is 9.59 Å². The van der Waals surface area contributed by atoms with Crippen molar-refractivity contribution < 1.29 is 19.8 Å². The first-order chi connectivity index (χ1) is 12.4. The van der Waals surface area contributed by atoms with Crippen LogP contribution < -0.4 is 16.0 Å². The molecule has 0 saturated heterocycles. The molecule has 0 aromatic rings. The van der Waals surface area contributed by atoms with Crippen LogP contribution in [0.4, 0.5) is 0 Å². The molecule has 0 aromatic heterocycles. The Kier molecular flexibility index (Phi) is 15.3. The average Bonchev–Trinajstić information content (AvgIpc) is 2.56. The highest BCUT2D eigenvalue weighted by atomic mass is 16.3. The Morgan fingerprint density at radius 3 is 2.00 bits per heavy atom. The number of carbonyl (C=O) groups excluding carboxylic acids is 2. The summed E-state index contributed by atoms with van der Waals surface area (Å²) in [6.45, 7) is 6.97. The SMILES string of the molecule is CC(=O)NCCCCC(CC(=O)NCCCCC(CO)CO)NC(C)C. The molecular formula is C19H39N3O4.